The average Bonchev–Trinajstić information content (AvgIpc) is 2.19. The highest BCUT2D eigenvalue weighted by Gasteiger charge is 2.16. The number of nitrogens with zero attached hydrogens (tertiary/aromatic N) is 3. The molecule has 1 heterocycles. The zero-order valence-corrected chi connectivity index (χ0v) is 8.69. The van der Waals surface area contributed by atoms with Crippen molar-refractivity contribution in [2.24, 2.45) is 0 Å². The Morgan fingerprint density at radius 1 is 1.19 bits per heavy atom. The number of aryl methyl sites for hydroxylation is 2. The second-order valence-electron chi connectivity index (χ2n) is 3.44. The molecule has 0 N–H and O–H groups in total. The van der Waals surface area contributed by atoms with Crippen LogP contribution < -0.4 is 0 Å². The van der Waals surface area contributed by atoms with Crippen LogP contribution in [0.3, 0.4) is 0 Å². The molecule has 0 atom stereocenters. The monoisotopic (exact) mass is 221 g/mol. The third-order valence-electron chi connectivity index (χ3n) is 2.34. The number of rotatable bonds is 1. The van der Waals surface area contributed by atoms with Gasteiger partial charge < -0.3 is 0 Å². The summed E-state index contributed by atoms with van der Waals surface area (Å²) in [7, 11) is 0. The maximum atomic E-state index is 13.3. The summed E-state index contributed by atoms with van der Waals surface area (Å²) < 4.78 is 13.3. The highest BCUT2D eigenvalue weighted by molar-refractivity contribution is 5.77. The summed E-state index contributed by atoms with van der Waals surface area (Å²) in [4.78, 5) is 18.0. The quantitative estimate of drug-likeness (QED) is 0.547. The van der Waals surface area contributed by atoms with Crippen LogP contribution in [-0.2, 0) is 0 Å². The average molecular weight is 221 g/mol. The first-order valence-electron chi connectivity index (χ1n) is 4.58. The summed E-state index contributed by atoms with van der Waals surface area (Å²) in [5.74, 6) is -0.893. The number of hydrogen-bond acceptors (Lipinski definition) is 4. The Balaban J connectivity index is 2.79. The molecular weight excluding hydrogens is 213 g/mol. The minimum atomic E-state index is -0.893. The molecule has 0 aliphatic carbocycles. The van der Waals surface area contributed by atoms with E-state index in [-0.39, 0.29) is 0 Å². The molecule has 0 aliphatic rings. The lowest BCUT2D eigenvalue weighted by Crippen LogP contribution is -1.97. The molecule has 0 fully saturated rings. The lowest BCUT2D eigenvalue weighted by atomic mass is 10.2. The number of nitro benzene ring substituents is 1. The minimum absolute atomic E-state index is 0.325. The smallest absolute Gasteiger partial charge is 0.258 e. The van der Waals surface area contributed by atoms with E-state index in [1.165, 1.54) is 0 Å². The van der Waals surface area contributed by atoms with Gasteiger partial charge >= 0.3 is 5.69 Å². The number of benzene rings is 1. The minimum Gasteiger partial charge on any atom is -0.258 e. The number of halogens is 1. The van der Waals surface area contributed by atoms with Gasteiger partial charge in [-0.2, -0.15) is 4.39 Å². The zero-order valence-electron chi connectivity index (χ0n) is 8.69. The molecule has 82 valence electrons. The molecule has 2 rings (SSSR count). The van der Waals surface area contributed by atoms with Crippen molar-refractivity contribution in [2.75, 3.05) is 0 Å². The summed E-state index contributed by atoms with van der Waals surface area (Å²) in [6, 6.07) is 2.14. The molecule has 0 radical (unpaired) electrons. The number of hydrogen-bond donors (Lipinski definition) is 0. The zero-order chi connectivity index (χ0) is 11.9. The molecule has 0 spiro atoms. The predicted octanol–water partition coefficient (Wildman–Crippen LogP) is 2.29. The van der Waals surface area contributed by atoms with E-state index in [1.807, 2.05) is 0 Å². The van der Waals surface area contributed by atoms with Crippen molar-refractivity contribution in [2.45, 2.75) is 13.8 Å². The molecule has 0 aliphatic heterocycles. The van der Waals surface area contributed by atoms with Crippen LogP contribution in [0.25, 0.3) is 11.0 Å². The van der Waals surface area contributed by atoms with Gasteiger partial charge in [0.1, 0.15) is 0 Å². The van der Waals surface area contributed by atoms with Crippen LogP contribution in [0.2, 0.25) is 0 Å². The topological polar surface area (TPSA) is 68.9 Å². The fourth-order valence-corrected chi connectivity index (χ4v) is 1.38. The van der Waals surface area contributed by atoms with Gasteiger partial charge in [-0.05, 0) is 13.8 Å². The molecule has 6 heteroatoms. The summed E-state index contributed by atoms with van der Waals surface area (Å²) in [5.41, 5.74) is 1.43. The van der Waals surface area contributed by atoms with Crippen molar-refractivity contribution in [3.63, 3.8) is 0 Å². The van der Waals surface area contributed by atoms with Gasteiger partial charge in [0.25, 0.3) is 0 Å². The second-order valence-corrected chi connectivity index (χ2v) is 3.44. The third-order valence-corrected chi connectivity index (χ3v) is 2.34. The predicted molar refractivity (Wildman–Crippen MR) is 55.6 cm³/mol. The molecule has 2 aromatic rings. The van der Waals surface area contributed by atoms with Crippen molar-refractivity contribution < 1.29 is 9.31 Å². The molecule has 0 saturated carbocycles. The van der Waals surface area contributed by atoms with Crippen molar-refractivity contribution in [3.8, 4) is 0 Å². The van der Waals surface area contributed by atoms with Gasteiger partial charge in [-0.3, -0.25) is 10.1 Å². The fraction of sp³-hybridized carbons (Fsp3) is 0.200. The van der Waals surface area contributed by atoms with Crippen LogP contribution in [0.15, 0.2) is 12.1 Å². The largest absolute Gasteiger partial charge is 0.307 e. The normalized spacial score (nSPS) is 10.7. The highest BCUT2D eigenvalue weighted by Crippen LogP contribution is 2.22. The number of aromatic nitrogens is 2. The molecular formula is C10H8FN3O2. The van der Waals surface area contributed by atoms with E-state index >= 15 is 0 Å². The Kier molecular flexibility index (Phi) is 2.26. The number of nitro groups is 1. The van der Waals surface area contributed by atoms with Gasteiger partial charge in [-0.15, -0.1) is 0 Å². The third kappa shape index (κ3) is 1.58. The van der Waals surface area contributed by atoms with Crippen LogP contribution >= 0.6 is 0 Å². The summed E-state index contributed by atoms with van der Waals surface area (Å²) in [6.07, 6.45) is 0. The van der Waals surface area contributed by atoms with Gasteiger partial charge in [-0.1, -0.05) is 0 Å². The van der Waals surface area contributed by atoms with Crippen LogP contribution in [0.4, 0.5) is 10.1 Å². The van der Waals surface area contributed by atoms with E-state index in [0.717, 1.165) is 12.1 Å². The van der Waals surface area contributed by atoms with Crippen molar-refractivity contribution in [3.05, 3.63) is 39.5 Å². The van der Waals surface area contributed by atoms with Gasteiger partial charge in [-0.25, -0.2) is 9.97 Å². The van der Waals surface area contributed by atoms with E-state index in [1.54, 1.807) is 13.8 Å². The molecule has 0 bridgehead atoms. The van der Waals surface area contributed by atoms with E-state index in [4.69, 9.17) is 0 Å². The Bertz CT molecular complexity index is 598. The van der Waals surface area contributed by atoms with Gasteiger partial charge in [0.2, 0.25) is 5.82 Å². The lowest BCUT2D eigenvalue weighted by molar-refractivity contribution is -0.387. The van der Waals surface area contributed by atoms with E-state index in [9.17, 15) is 14.5 Å². The van der Waals surface area contributed by atoms with Crippen molar-refractivity contribution >= 4 is 16.7 Å². The van der Waals surface area contributed by atoms with Crippen molar-refractivity contribution in [1.82, 2.24) is 9.97 Å². The van der Waals surface area contributed by atoms with Gasteiger partial charge in [0.05, 0.1) is 27.3 Å². The van der Waals surface area contributed by atoms with Crippen LogP contribution in [0, 0.1) is 29.8 Å². The summed E-state index contributed by atoms with van der Waals surface area (Å²) >= 11 is 0. The Morgan fingerprint density at radius 2 is 1.69 bits per heavy atom. The molecule has 0 unspecified atom stereocenters. The van der Waals surface area contributed by atoms with E-state index < -0.39 is 16.4 Å². The molecule has 1 aromatic carbocycles. The first kappa shape index (κ1) is 10.4. The first-order valence-corrected chi connectivity index (χ1v) is 4.58. The summed E-state index contributed by atoms with van der Waals surface area (Å²) in [6.45, 7) is 3.50. The Hall–Kier alpha value is -2.11. The van der Waals surface area contributed by atoms with Gasteiger partial charge in [0, 0.05) is 12.1 Å². The van der Waals surface area contributed by atoms with E-state index in [2.05, 4.69) is 9.97 Å². The molecule has 0 saturated heterocycles. The van der Waals surface area contributed by atoms with Crippen LogP contribution in [0.1, 0.15) is 11.4 Å². The number of fused-ring (bicyclic) bond motifs is 1. The maximum absolute atomic E-state index is 13.3. The first-order chi connectivity index (χ1) is 7.49. The fourth-order valence-electron chi connectivity index (χ4n) is 1.38. The molecule has 1 aromatic heterocycles. The maximum Gasteiger partial charge on any atom is 0.307 e. The Labute approximate surface area is 90.1 Å². The SMILES string of the molecule is Cc1nc2cc(F)c([N+](=O)[O-])cc2nc1C. The second kappa shape index (κ2) is 3.48. The highest BCUT2D eigenvalue weighted by atomic mass is 19.1. The van der Waals surface area contributed by atoms with E-state index in [0.29, 0.717) is 22.4 Å². The van der Waals surface area contributed by atoms with Crippen molar-refractivity contribution in [1.29, 1.82) is 0 Å². The molecule has 5 nitrogen and oxygen atoms in total. The Morgan fingerprint density at radius 3 is 2.19 bits per heavy atom. The molecule has 16 heavy (non-hydrogen) atoms. The van der Waals surface area contributed by atoms with Crippen LogP contribution in [0.5, 0.6) is 0 Å². The van der Waals surface area contributed by atoms with Gasteiger partial charge in [0.15, 0.2) is 0 Å². The molecule has 0 amide bonds. The van der Waals surface area contributed by atoms with Crippen LogP contribution in [-0.4, -0.2) is 14.9 Å². The lowest BCUT2D eigenvalue weighted by Gasteiger charge is -2.02. The summed E-state index contributed by atoms with van der Waals surface area (Å²) in [5, 5.41) is 10.5. The standard InChI is InChI=1S/C10H8FN3O2/c1-5-6(2)13-9-4-10(14(15)16)7(11)3-8(9)12-5/h3-4H,1-2H3.